The number of unbranched alkanes of at least 4 members (excludes halogenated alkanes) is 1. The molecule has 1 heterocycles. The minimum Gasteiger partial charge on any atom is -0.353 e. The fourth-order valence-corrected chi connectivity index (χ4v) is 2.05. The second-order valence-electron chi connectivity index (χ2n) is 4.26. The summed E-state index contributed by atoms with van der Waals surface area (Å²) in [5.74, 6) is 0. The summed E-state index contributed by atoms with van der Waals surface area (Å²) in [5.41, 5.74) is 1.68. The molecule has 0 aliphatic carbocycles. The second kappa shape index (κ2) is 4.99. The molecule has 0 aliphatic rings. The van der Waals surface area contributed by atoms with Crippen molar-refractivity contribution < 1.29 is 4.92 Å². The number of rotatable bonds is 5. The third-order valence-corrected chi connectivity index (χ3v) is 3.00. The predicted molar refractivity (Wildman–Crippen MR) is 67.6 cm³/mol. The number of benzene rings is 1. The zero-order chi connectivity index (χ0) is 12.3. The van der Waals surface area contributed by atoms with Crippen LogP contribution in [0.5, 0.6) is 0 Å². The molecule has 0 spiro atoms. The number of para-hydroxylation sites is 1. The Morgan fingerprint density at radius 3 is 2.82 bits per heavy atom. The van der Waals surface area contributed by atoms with Crippen LogP contribution in [0, 0.1) is 10.1 Å². The molecule has 0 fully saturated rings. The van der Waals surface area contributed by atoms with Crippen LogP contribution in [0.2, 0.25) is 0 Å². The van der Waals surface area contributed by atoms with E-state index in [4.69, 9.17) is 0 Å². The van der Waals surface area contributed by atoms with Gasteiger partial charge in [-0.2, -0.15) is 0 Å². The molecule has 0 radical (unpaired) electrons. The van der Waals surface area contributed by atoms with Gasteiger partial charge in [-0.15, -0.1) is 0 Å². The van der Waals surface area contributed by atoms with Gasteiger partial charge in [-0.25, -0.2) is 0 Å². The standard InChI is InChI=1S/C13H16N2O2/c1-2-3-8-13(15(16)17)12-9-10-6-4-5-7-11(10)14-12/h4-7,9,13-14H,2-3,8H2,1H3. The van der Waals surface area contributed by atoms with Crippen LogP contribution < -0.4 is 0 Å². The monoisotopic (exact) mass is 232 g/mol. The Labute approximate surface area is 99.8 Å². The molecule has 1 aromatic carbocycles. The number of nitrogens with zero attached hydrogens (tertiary/aromatic N) is 1. The van der Waals surface area contributed by atoms with E-state index in [-0.39, 0.29) is 4.92 Å². The molecule has 90 valence electrons. The van der Waals surface area contributed by atoms with Gasteiger partial charge in [-0.05, 0) is 23.9 Å². The van der Waals surface area contributed by atoms with Gasteiger partial charge in [0.05, 0.1) is 5.69 Å². The summed E-state index contributed by atoms with van der Waals surface area (Å²) >= 11 is 0. The molecule has 4 nitrogen and oxygen atoms in total. The summed E-state index contributed by atoms with van der Waals surface area (Å²) in [7, 11) is 0. The maximum atomic E-state index is 11.1. The number of hydrogen-bond donors (Lipinski definition) is 1. The second-order valence-corrected chi connectivity index (χ2v) is 4.26. The Morgan fingerprint density at radius 2 is 2.18 bits per heavy atom. The first kappa shape index (κ1) is 11.6. The summed E-state index contributed by atoms with van der Waals surface area (Å²) in [6.45, 7) is 2.04. The lowest BCUT2D eigenvalue weighted by Gasteiger charge is -2.06. The van der Waals surface area contributed by atoms with Crippen molar-refractivity contribution in [3.63, 3.8) is 0 Å². The molecule has 1 aromatic heterocycles. The quantitative estimate of drug-likeness (QED) is 0.631. The van der Waals surface area contributed by atoms with E-state index in [0.29, 0.717) is 12.1 Å². The highest BCUT2D eigenvalue weighted by Crippen LogP contribution is 2.25. The number of aromatic amines is 1. The zero-order valence-corrected chi connectivity index (χ0v) is 9.85. The van der Waals surface area contributed by atoms with Crippen molar-refractivity contribution in [1.29, 1.82) is 0 Å². The Bertz CT molecular complexity index is 486. The van der Waals surface area contributed by atoms with Crippen LogP contribution in [0.25, 0.3) is 10.9 Å². The first-order chi connectivity index (χ1) is 8.22. The summed E-state index contributed by atoms with van der Waals surface area (Å²) < 4.78 is 0. The molecule has 0 saturated heterocycles. The Morgan fingerprint density at radius 1 is 1.41 bits per heavy atom. The molecular formula is C13H16N2O2. The lowest BCUT2D eigenvalue weighted by molar-refractivity contribution is -0.530. The van der Waals surface area contributed by atoms with Crippen molar-refractivity contribution in [3.05, 3.63) is 46.1 Å². The first-order valence-electron chi connectivity index (χ1n) is 5.93. The minimum atomic E-state index is -0.609. The van der Waals surface area contributed by atoms with Gasteiger partial charge in [-0.3, -0.25) is 10.1 Å². The molecule has 1 unspecified atom stereocenters. The van der Waals surface area contributed by atoms with Crippen molar-refractivity contribution in [2.75, 3.05) is 0 Å². The third-order valence-electron chi connectivity index (χ3n) is 3.00. The van der Waals surface area contributed by atoms with E-state index in [2.05, 4.69) is 4.98 Å². The van der Waals surface area contributed by atoms with Crippen LogP contribution >= 0.6 is 0 Å². The normalized spacial score (nSPS) is 12.8. The van der Waals surface area contributed by atoms with Gasteiger partial charge >= 0.3 is 0 Å². The fourth-order valence-electron chi connectivity index (χ4n) is 2.05. The van der Waals surface area contributed by atoms with Crippen LogP contribution in [0.3, 0.4) is 0 Å². The van der Waals surface area contributed by atoms with Gasteiger partial charge in [0.25, 0.3) is 6.04 Å². The van der Waals surface area contributed by atoms with E-state index in [1.807, 2.05) is 37.3 Å². The van der Waals surface area contributed by atoms with Crippen LogP contribution in [0.4, 0.5) is 0 Å². The van der Waals surface area contributed by atoms with Crippen LogP contribution in [-0.4, -0.2) is 9.91 Å². The molecule has 1 atom stereocenters. The molecule has 1 N–H and O–H groups in total. The first-order valence-corrected chi connectivity index (χ1v) is 5.93. The van der Waals surface area contributed by atoms with Gasteiger partial charge in [0.2, 0.25) is 0 Å². The molecule has 4 heteroatoms. The third kappa shape index (κ3) is 2.46. The predicted octanol–water partition coefficient (Wildman–Crippen LogP) is 3.68. The number of fused-ring (bicyclic) bond motifs is 1. The van der Waals surface area contributed by atoms with E-state index in [0.717, 1.165) is 23.7 Å². The zero-order valence-electron chi connectivity index (χ0n) is 9.85. The molecule has 17 heavy (non-hydrogen) atoms. The molecule has 2 rings (SSSR count). The highest BCUT2D eigenvalue weighted by molar-refractivity contribution is 5.80. The maximum Gasteiger partial charge on any atom is 0.252 e. The molecule has 0 amide bonds. The van der Waals surface area contributed by atoms with Gasteiger partial charge in [-0.1, -0.05) is 31.5 Å². The average Bonchev–Trinajstić information content (AvgIpc) is 2.72. The topological polar surface area (TPSA) is 58.9 Å². The van der Waals surface area contributed by atoms with Crippen LogP contribution in [0.15, 0.2) is 30.3 Å². The number of aromatic nitrogens is 1. The molecule has 0 aliphatic heterocycles. The van der Waals surface area contributed by atoms with Crippen molar-refractivity contribution >= 4 is 10.9 Å². The number of nitro groups is 1. The highest BCUT2D eigenvalue weighted by Gasteiger charge is 2.23. The maximum absolute atomic E-state index is 11.1. The highest BCUT2D eigenvalue weighted by atomic mass is 16.6. The number of hydrogen-bond acceptors (Lipinski definition) is 2. The number of H-pyrrole nitrogens is 1. The Kier molecular flexibility index (Phi) is 3.42. The van der Waals surface area contributed by atoms with E-state index >= 15 is 0 Å². The largest absolute Gasteiger partial charge is 0.353 e. The van der Waals surface area contributed by atoms with Crippen molar-refractivity contribution in [3.8, 4) is 0 Å². The van der Waals surface area contributed by atoms with E-state index in [1.54, 1.807) is 0 Å². The lowest BCUT2D eigenvalue weighted by atomic mass is 10.1. The van der Waals surface area contributed by atoms with Gasteiger partial charge < -0.3 is 4.98 Å². The SMILES string of the molecule is CCCCC(c1cc2ccccc2[nH]1)[N+](=O)[O-]. The molecule has 0 saturated carbocycles. The van der Waals surface area contributed by atoms with Crippen LogP contribution in [-0.2, 0) is 0 Å². The van der Waals surface area contributed by atoms with Crippen LogP contribution in [0.1, 0.15) is 37.9 Å². The summed E-state index contributed by atoms with van der Waals surface area (Å²) in [6.07, 6.45) is 2.45. The van der Waals surface area contributed by atoms with Crippen molar-refractivity contribution in [1.82, 2.24) is 4.98 Å². The van der Waals surface area contributed by atoms with E-state index < -0.39 is 6.04 Å². The molecular weight excluding hydrogens is 216 g/mol. The summed E-state index contributed by atoms with van der Waals surface area (Å²) in [6, 6.07) is 9.05. The smallest absolute Gasteiger partial charge is 0.252 e. The molecule has 2 aromatic rings. The minimum absolute atomic E-state index is 0.194. The van der Waals surface area contributed by atoms with Crippen molar-refractivity contribution in [2.24, 2.45) is 0 Å². The Balaban J connectivity index is 2.31. The fraction of sp³-hybridized carbons (Fsp3) is 0.385. The van der Waals surface area contributed by atoms with Gasteiger partial charge in [0, 0.05) is 16.9 Å². The van der Waals surface area contributed by atoms with Gasteiger partial charge in [0.15, 0.2) is 0 Å². The average molecular weight is 232 g/mol. The van der Waals surface area contributed by atoms with E-state index in [9.17, 15) is 10.1 Å². The number of nitrogens with one attached hydrogen (secondary N) is 1. The summed E-state index contributed by atoms with van der Waals surface area (Å²) in [5, 5.41) is 12.1. The lowest BCUT2D eigenvalue weighted by Crippen LogP contribution is -2.10. The van der Waals surface area contributed by atoms with E-state index in [1.165, 1.54) is 0 Å². The van der Waals surface area contributed by atoms with Gasteiger partial charge in [0.1, 0.15) is 0 Å². The molecule has 0 bridgehead atoms. The van der Waals surface area contributed by atoms with Crippen molar-refractivity contribution in [2.45, 2.75) is 32.2 Å². The Hall–Kier alpha value is -1.84. The summed E-state index contributed by atoms with van der Waals surface area (Å²) in [4.78, 5) is 14.0.